The number of rotatable bonds is 2. The average Bonchev–Trinajstić information content (AvgIpc) is 2.03. The van der Waals surface area contributed by atoms with Gasteiger partial charge in [0, 0.05) is 16.8 Å². The number of hydrogen-bond acceptors (Lipinski definition) is 4. The average molecular weight is 224 g/mol. The lowest BCUT2D eigenvalue weighted by Gasteiger charge is -2.08. The van der Waals surface area contributed by atoms with Crippen molar-refractivity contribution in [2.75, 3.05) is 0 Å². The van der Waals surface area contributed by atoms with Gasteiger partial charge in [-0.15, -0.1) is 0 Å². The van der Waals surface area contributed by atoms with E-state index in [1.165, 1.54) is 12.2 Å². The fourth-order valence-electron chi connectivity index (χ4n) is 0.934. The van der Waals surface area contributed by atoms with E-state index >= 15 is 0 Å². The Morgan fingerprint density at radius 2 is 2.23 bits per heavy atom. The summed E-state index contributed by atoms with van der Waals surface area (Å²) < 4.78 is 21.6. The van der Waals surface area contributed by atoms with E-state index in [0.29, 0.717) is 0 Å². The Morgan fingerprint density at radius 3 is 2.54 bits per heavy atom. The zero-order valence-corrected chi connectivity index (χ0v) is 7.96. The lowest BCUT2D eigenvalue weighted by molar-refractivity contribution is -0.419. The first-order valence-electron chi connectivity index (χ1n) is 3.37. The van der Waals surface area contributed by atoms with Gasteiger partial charge < -0.3 is 0 Å². The Bertz CT molecular complexity index is 383. The molecule has 0 spiro atoms. The third-order valence-corrected chi connectivity index (χ3v) is 3.37. The maximum absolute atomic E-state index is 10.8. The minimum atomic E-state index is -3.66. The van der Waals surface area contributed by atoms with Crippen LogP contribution in [0.4, 0.5) is 0 Å². The molecule has 1 unspecified atom stereocenters. The van der Waals surface area contributed by atoms with E-state index in [-0.39, 0.29) is 12.1 Å². The van der Waals surface area contributed by atoms with Crippen molar-refractivity contribution in [2.45, 2.75) is 11.7 Å². The quantitative estimate of drug-likeness (QED) is 0.398. The standard InChI is InChI=1S/C6H6ClNO4S/c7-13(11,12)6-3-1-5(2-4-6)8(9)10/h1-3,6H,4H2. The molecule has 0 N–H and O–H groups in total. The van der Waals surface area contributed by atoms with Crippen molar-refractivity contribution in [1.29, 1.82) is 0 Å². The molecule has 7 heteroatoms. The first-order valence-corrected chi connectivity index (χ1v) is 5.75. The molecule has 0 saturated carbocycles. The molecule has 0 bridgehead atoms. The highest BCUT2D eigenvalue weighted by molar-refractivity contribution is 8.14. The maximum Gasteiger partial charge on any atom is 0.265 e. The monoisotopic (exact) mass is 223 g/mol. The molecule has 0 radical (unpaired) electrons. The van der Waals surface area contributed by atoms with Crippen molar-refractivity contribution < 1.29 is 13.3 Å². The van der Waals surface area contributed by atoms with Gasteiger partial charge in [0.1, 0.15) is 0 Å². The van der Waals surface area contributed by atoms with Crippen LogP contribution in [-0.4, -0.2) is 18.6 Å². The normalized spacial score (nSPS) is 22.5. The molecule has 1 aliphatic carbocycles. The van der Waals surface area contributed by atoms with Gasteiger partial charge in [0.25, 0.3) is 5.70 Å². The second-order valence-corrected chi connectivity index (χ2v) is 5.34. The maximum atomic E-state index is 10.8. The molecule has 0 fully saturated rings. The number of nitro groups is 1. The number of nitrogens with zero attached hydrogens (tertiary/aromatic N) is 1. The Labute approximate surface area is 79.3 Å². The smallest absolute Gasteiger partial charge is 0.258 e. The van der Waals surface area contributed by atoms with E-state index in [1.807, 2.05) is 0 Å². The summed E-state index contributed by atoms with van der Waals surface area (Å²) >= 11 is 0. The SMILES string of the molecule is O=[N+]([O-])C1=CCC(S(=O)(=O)Cl)C=C1. The van der Waals surface area contributed by atoms with Crippen LogP contribution in [0.3, 0.4) is 0 Å². The van der Waals surface area contributed by atoms with Crippen LogP contribution in [0.25, 0.3) is 0 Å². The molecule has 0 saturated heterocycles. The third kappa shape index (κ3) is 2.53. The van der Waals surface area contributed by atoms with Gasteiger partial charge in [0.05, 0.1) is 10.2 Å². The van der Waals surface area contributed by atoms with Crippen LogP contribution in [0, 0.1) is 10.1 Å². The Hall–Kier alpha value is -0.880. The van der Waals surface area contributed by atoms with E-state index < -0.39 is 19.2 Å². The van der Waals surface area contributed by atoms with Gasteiger partial charge in [-0.05, 0) is 12.5 Å². The van der Waals surface area contributed by atoms with Crippen molar-refractivity contribution in [3.05, 3.63) is 34.0 Å². The van der Waals surface area contributed by atoms with Crippen LogP contribution in [0.1, 0.15) is 6.42 Å². The molecule has 0 amide bonds. The van der Waals surface area contributed by atoms with Crippen LogP contribution in [0.5, 0.6) is 0 Å². The van der Waals surface area contributed by atoms with Gasteiger partial charge >= 0.3 is 0 Å². The molecule has 72 valence electrons. The zero-order chi connectivity index (χ0) is 10.1. The van der Waals surface area contributed by atoms with Crippen molar-refractivity contribution in [1.82, 2.24) is 0 Å². The fraction of sp³-hybridized carbons (Fsp3) is 0.333. The van der Waals surface area contributed by atoms with Gasteiger partial charge in [-0.3, -0.25) is 10.1 Å². The van der Waals surface area contributed by atoms with Gasteiger partial charge in [0.2, 0.25) is 9.05 Å². The first-order chi connectivity index (χ1) is 5.91. The summed E-state index contributed by atoms with van der Waals surface area (Å²) in [5.74, 6) is 0. The second-order valence-electron chi connectivity index (χ2n) is 2.49. The zero-order valence-electron chi connectivity index (χ0n) is 6.38. The van der Waals surface area contributed by atoms with Gasteiger partial charge in [-0.2, -0.15) is 0 Å². The first kappa shape index (κ1) is 10.2. The summed E-state index contributed by atoms with van der Waals surface area (Å²) in [4.78, 5) is 9.64. The summed E-state index contributed by atoms with van der Waals surface area (Å²) in [5.41, 5.74) is -0.100. The van der Waals surface area contributed by atoms with Crippen LogP contribution in [-0.2, 0) is 9.05 Å². The summed E-state index contributed by atoms with van der Waals surface area (Å²) in [6.07, 6.45) is 3.66. The van der Waals surface area contributed by atoms with Crippen molar-refractivity contribution >= 4 is 19.7 Å². The molecule has 1 atom stereocenters. The molecule has 0 aromatic rings. The highest BCUT2D eigenvalue weighted by Crippen LogP contribution is 2.19. The Balaban J connectivity index is 2.81. The van der Waals surface area contributed by atoms with E-state index in [4.69, 9.17) is 10.7 Å². The topological polar surface area (TPSA) is 77.3 Å². The van der Waals surface area contributed by atoms with E-state index in [1.54, 1.807) is 0 Å². The molecule has 13 heavy (non-hydrogen) atoms. The molecule has 5 nitrogen and oxygen atoms in total. The molecule has 0 aromatic heterocycles. The highest BCUT2D eigenvalue weighted by atomic mass is 35.7. The summed E-state index contributed by atoms with van der Waals surface area (Å²) in [6, 6.07) is 0. The molecule has 0 aliphatic heterocycles. The van der Waals surface area contributed by atoms with Crippen molar-refractivity contribution in [3.8, 4) is 0 Å². The van der Waals surface area contributed by atoms with Gasteiger partial charge in [0.15, 0.2) is 0 Å². The molecule has 1 aliphatic rings. The molecule has 0 aromatic carbocycles. The van der Waals surface area contributed by atoms with E-state index in [9.17, 15) is 18.5 Å². The predicted molar refractivity (Wildman–Crippen MR) is 47.4 cm³/mol. The van der Waals surface area contributed by atoms with Crippen LogP contribution in [0.2, 0.25) is 0 Å². The lowest BCUT2D eigenvalue weighted by Crippen LogP contribution is -2.15. The largest absolute Gasteiger partial charge is 0.265 e. The van der Waals surface area contributed by atoms with Crippen LogP contribution < -0.4 is 0 Å². The Morgan fingerprint density at radius 1 is 1.62 bits per heavy atom. The van der Waals surface area contributed by atoms with Crippen molar-refractivity contribution in [3.63, 3.8) is 0 Å². The molecule has 1 rings (SSSR count). The van der Waals surface area contributed by atoms with Crippen LogP contribution >= 0.6 is 10.7 Å². The summed E-state index contributed by atoms with van der Waals surface area (Å²) in [5, 5.41) is 9.37. The fourth-order valence-corrected chi connectivity index (χ4v) is 1.92. The lowest BCUT2D eigenvalue weighted by atomic mass is 10.1. The summed E-state index contributed by atoms with van der Waals surface area (Å²) in [6.45, 7) is 0. The van der Waals surface area contributed by atoms with E-state index in [0.717, 1.165) is 6.08 Å². The minimum absolute atomic E-state index is 0.0542. The number of allylic oxidation sites excluding steroid dienone is 2. The van der Waals surface area contributed by atoms with E-state index in [2.05, 4.69) is 0 Å². The third-order valence-electron chi connectivity index (χ3n) is 1.61. The molecular weight excluding hydrogens is 218 g/mol. The highest BCUT2D eigenvalue weighted by Gasteiger charge is 2.24. The predicted octanol–water partition coefficient (Wildman–Crippen LogP) is 1.04. The minimum Gasteiger partial charge on any atom is -0.258 e. The Kier molecular flexibility index (Phi) is 2.72. The molecular formula is C6H6ClNO4S. The number of halogens is 1. The van der Waals surface area contributed by atoms with Gasteiger partial charge in [-0.1, -0.05) is 6.08 Å². The molecule has 0 heterocycles. The van der Waals surface area contributed by atoms with Gasteiger partial charge in [-0.25, -0.2) is 8.42 Å². The van der Waals surface area contributed by atoms with Crippen LogP contribution in [0.15, 0.2) is 23.9 Å². The van der Waals surface area contributed by atoms with Crippen molar-refractivity contribution in [2.24, 2.45) is 0 Å². The summed E-state index contributed by atoms with van der Waals surface area (Å²) in [7, 11) is 1.40. The second kappa shape index (κ2) is 3.47. The number of hydrogen-bond donors (Lipinski definition) is 0.